The van der Waals surface area contributed by atoms with Crippen molar-refractivity contribution in [3.8, 4) is 11.3 Å². The van der Waals surface area contributed by atoms with Crippen molar-refractivity contribution in [1.82, 2.24) is 9.55 Å². The van der Waals surface area contributed by atoms with Gasteiger partial charge in [0.25, 0.3) is 5.56 Å². The predicted molar refractivity (Wildman–Crippen MR) is 144 cm³/mol. The van der Waals surface area contributed by atoms with Crippen LogP contribution in [0.3, 0.4) is 0 Å². The number of amides is 2. The Morgan fingerprint density at radius 1 is 0.944 bits per heavy atom. The summed E-state index contributed by atoms with van der Waals surface area (Å²) in [6.45, 7) is 7.41. The molecule has 36 heavy (non-hydrogen) atoms. The molecule has 1 atom stereocenters. The van der Waals surface area contributed by atoms with E-state index in [1.165, 1.54) is 4.57 Å². The molecule has 0 aliphatic carbocycles. The second-order valence-corrected chi connectivity index (χ2v) is 8.74. The van der Waals surface area contributed by atoms with Crippen LogP contribution in [0, 0.1) is 6.92 Å². The highest BCUT2D eigenvalue weighted by Gasteiger charge is 2.23. The standard InChI is InChI=1S/C29H30N4O3/c1-5-20-15-16-23(30-26(34)6-2)21(17-20)27-29(36)33(25-14-10-9-13-24(25)31-27)19(4)28(35)32-22-12-8-7-11-18(22)3/h7-17,19H,5-6H2,1-4H3,(H,30,34)(H,32,35)/t19-/m0/s1. The number of hydrogen-bond acceptors (Lipinski definition) is 4. The van der Waals surface area contributed by atoms with E-state index in [2.05, 4.69) is 10.6 Å². The number of benzene rings is 3. The van der Waals surface area contributed by atoms with Gasteiger partial charge in [-0.1, -0.05) is 50.2 Å². The first-order valence-electron chi connectivity index (χ1n) is 12.1. The maximum absolute atomic E-state index is 14.0. The Kier molecular flexibility index (Phi) is 7.29. The Morgan fingerprint density at radius 3 is 2.39 bits per heavy atom. The fourth-order valence-corrected chi connectivity index (χ4v) is 4.14. The molecule has 4 aromatic rings. The lowest BCUT2D eigenvalue weighted by Gasteiger charge is -2.20. The number of para-hydroxylation sites is 3. The maximum atomic E-state index is 14.0. The van der Waals surface area contributed by atoms with Gasteiger partial charge in [0.1, 0.15) is 11.7 Å². The van der Waals surface area contributed by atoms with Crippen molar-refractivity contribution in [1.29, 1.82) is 0 Å². The number of hydrogen-bond donors (Lipinski definition) is 2. The average Bonchev–Trinajstić information content (AvgIpc) is 2.89. The number of rotatable bonds is 7. The molecule has 0 bridgehead atoms. The second kappa shape index (κ2) is 10.6. The van der Waals surface area contributed by atoms with E-state index < -0.39 is 11.6 Å². The first-order chi connectivity index (χ1) is 17.3. The number of carbonyl (C=O) groups is 2. The second-order valence-electron chi connectivity index (χ2n) is 8.74. The van der Waals surface area contributed by atoms with Gasteiger partial charge in [-0.25, -0.2) is 4.98 Å². The minimum absolute atomic E-state index is 0.160. The smallest absolute Gasteiger partial charge is 0.278 e. The SMILES string of the molecule is CCC(=O)Nc1ccc(CC)cc1-c1nc2ccccc2n([C@@H](C)C(=O)Nc2ccccc2C)c1=O. The number of anilines is 2. The molecule has 4 rings (SSSR count). The molecule has 1 aromatic heterocycles. The van der Waals surface area contributed by atoms with E-state index in [4.69, 9.17) is 4.98 Å². The van der Waals surface area contributed by atoms with Gasteiger partial charge < -0.3 is 10.6 Å². The zero-order valence-corrected chi connectivity index (χ0v) is 21.0. The Balaban J connectivity index is 1.89. The van der Waals surface area contributed by atoms with E-state index in [0.29, 0.717) is 34.4 Å². The Morgan fingerprint density at radius 2 is 1.67 bits per heavy atom. The molecule has 2 amide bonds. The third kappa shape index (κ3) is 4.91. The van der Waals surface area contributed by atoms with Crippen molar-refractivity contribution >= 4 is 34.2 Å². The summed E-state index contributed by atoms with van der Waals surface area (Å²) in [6.07, 6.45) is 1.06. The van der Waals surface area contributed by atoms with Crippen LogP contribution >= 0.6 is 0 Å². The van der Waals surface area contributed by atoms with Crippen LogP contribution in [0.5, 0.6) is 0 Å². The quantitative estimate of drug-likeness (QED) is 0.365. The van der Waals surface area contributed by atoms with Gasteiger partial charge in [0.15, 0.2) is 0 Å². The fraction of sp³-hybridized carbons (Fsp3) is 0.241. The summed E-state index contributed by atoms with van der Waals surface area (Å²) in [7, 11) is 0. The fourth-order valence-electron chi connectivity index (χ4n) is 4.14. The van der Waals surface area contributed by atoms with E-state index in [0.717, 1.165) is 17.5 Å². The van der Waals surface area contributed by atoms with Gasteiger partial charge in [-0.2, -0.15) is 0 Å². The van der Waals surface area contributed by atoms with Crippen LogP contribution < -0.4 is 16.2 Å². The number of aromatic nitrogens is 2. The summed E-state index contributed by atoms with van der Waals surface area (Å²) in [4.78, 5) is 44.2. The zero-order valence-electron chi connectivity index (χ0n) is 21.0. The molecule has 2 N–H and O–H groups in total. The van der Waals surface area contributed by atoms with Crippen molar-refractivity contribution in [3.05, 3.63) is 88.2 Å². The lowest BCUT2D eigenvalue weighted by molar-refractivity contribution is -0.119. The van der Waals surface area contributed by atoms with Crippen LogP contribution in [-0.4, -0.2) is 21.4 Å². The molecule has 0 unspecified atom stereocenters. The highest BCUT2D eigenvalue weighted by Crippen LogP contribution is 2.29. The zero-order chi connectivity index (χ0) is 25.8. The van der Waals surface area contributed by atoms with E-state index in [-0.39, 0.29) is 17.5 Å². The molecule has 1 heterocycles. The van der Waals surface area contributed by atoms with Crippen LogP contribution in [-0.2, 0) is 16.0 Å². The first kappa shape index (κ1) is 24.9. The summed E-state index contributed by atoms with van der Waals surface area (Å²) in [5.41, 5.74) is 4.61. The number of nitrogens with zero attached hydrogens (tertiary/aromatic N) is 2. The highest BCUT2D eigenvalue weighted by atomic mass is 16.2. The third-order valence-electron chi connectivity index (χ3n) is 6.31. The summed E-state index contributed by atoms with van der Waals surface area (Å²) in [5.74, 6) is -0.469. The Hall–Kier alpha value is -4.26. The van der Waals surface area contributed by atoms with Gasteiger partial charge in [-0.05, 0) is 61.7 Å². The number of carbonyl (C=O) groups excluding carboxylic acids is 2. The summed E-state index contributed by atoms with van der Waals surface area (Å²) in [5, 5.41) is 5.84. The summed E-state index contributed by atoms with van der Waals surface area (Å²) in [6, 6.07) is 19.6. The molecule has 0 aliphatic rings. The van der Waals surface area contributed by atoms with Crippen LogP contribution in [0.25, 0.3) is 22.3 Å². The molecule has 0 fully saturated rings. The van der Waals surface area contributed by atoms with Crippen molar-refractivity contribution in [3.63, 3.8) is 0 Å². The van der Waals surface area contributed by atoms with Crippen molar-refractivity contribution in [2.24, 2.45) is 0 Å². The Bertz CT molecular complexity index is 1510. The van der Waals surface area contributed by atoms with Crippen LogP contribution in [0.1, 0.15) is 44.4 Å². The van der Waals surface area contributed by atoms with E-state index in [1.807, 2.05) is 68.4 Å². The minimum Gasteiger partial charge on any atom is -0.325 e. The first-order valence-corrected chi connectivity index (χ1v) is 12.1. The lowest BCUT2D eigenvalue weighted by atomic mass is 10.0. The molecule has 0 spiro atoms. The van der Waals surface area contributed by atoms with Gasteiger partial charge in [0.2, 0.25) is 11.8 Å². The van der Waals surface area contributed by atoms with Crippen molar-refractivity contribution in [2.75, 3.05) is 10.6 Å². The number of aryl methyl sites for hydroxylation is 2. The molecular formula is C29H30N4O3. The average molecular weight is 483 g/mol. The van der Waals surface area contributed by atoms with Gasteiger partial charge in [-0.15, -0.1) is 0 Å². The van der Waals surface area contributed by atoms with Crippen LogP contribution in [0.2, 0.25) is 0 Å². The molecule has 184 valence electrons. The molecule has 0 radical (unpaired) electrons. The number of nitrogens with one attached hydrogen (secondary N) is 2. The predicted octanol–water partition coefficient (Wildman–Crippen LogP) is 5.48. The van der Waals surface area contributed by atoms with Crippen molar-refractivity contribution < 1.29 is 9.59 Å². The van der Waals surface area contributed by atoms with Gasteiger partial charge in [0, 0.05) is 17.7 Å². The van der Waals surface area contributed by atoms with Crippen LogP contribution in [0.4, 0.5) is 11.4 Å². The van der Waals surface area contributed by atoms with E-state index in [9.17, 15) is 14.4 Å². The summed E-state index contributed by atoms with van der Waals surface area (Å²) < 4.78 is 1.48. The minimum atomic E-state index is -0.813. The maximum Gasteiger partial charge on any atom is 0.278 e. The Labute approximate surface area is 210 Å². The topological polar surface area (TPSA) is 93.1 Å². The molecule has 3 aromatic carbocycles. The number of fused-ring (bicyclic) bond motifs is 1. The molecule has 0 saturated heterocycles. The lowest BCUT2D eigenvalue weighted by Crippen LogP contribution is -2.33. The van der Waals surface area contributed by atoms with Crippen molar-refractivity contribution in [2.45, 2.75) is 46.6 Å². The van der Waals surface area contributed by atoms with Gasteiger partial charge in [-0.3, -0.25) is 19.0 Å². The monoisotopic (exact) mass is 482 g/mol. The van der Waals surface area contributed by atoms with Gasteiger partial charge in [0.05, 0.1) is 16.7 Å². The molecule has 0 aliphatic heterocycles. The third-order valence-corrected chi connectivity index (χ3v) is 6.31. The van der Waals surface area contributed by atoms with E-state index >= 15 is 0 Å². The van der Waals surface area contributed by atoms with Crippen LogP contribution in [0.15, 0.2) is 71.5 Å². The largest absolute Gasteiger partial charge is 0.325 e. The molecule has 0 saturated carbocycles. The molecular weight excluding hydrogens is 452 g/mol. The highest BCUT2D eigenvalue weighted by molar-refractivity contribution is 5.97. The molecule has 7 nitrogen and oxygen atoms in total. The van der Waals surface area contributed by atoms with Gasteiger partial charge >= 0.3 is 0 Å². The molecule has 7 heteroatoms. The van der Waals surface area contributed by atoms with E-state index in [1.54, 1.807) is 26.0 Å². The normalized spacial score (nSPS) is 11.8. The summed E-state index contributed by atoms with van der Waals surface area (Å²) >= 11 is 0.